The first kappa shape index (κ1) is 14.7. The molecule has 0 aliphatic heterocycles. The van der Waals surface area contributed by atoms with E-state index in [4.69, 9.17) is 4.74 Å². The molecule has 1 fully saturated rings. The van der Waals surface area contributed by atoms with Gasteiger partial charge in [0, 0.05) is 0 Å². The maximum absolute atomic E-state index is 11.9. The van der Waals surface area contributed by atoms with Gasteiger partial charge in [0.05, 0.1) is 11.6 Å². The van der Waals surface area contributed by atoms with Crippen LogP contribution in [-0.4, -0.2) is 29.4 Å². The molecule has 1 N–H and O–H groups in total. The van der Waals surface area contributed by atoms with Crippen LogP contribution < -0.4 is 5.32 Å². The predicted octanol–water partition coefficient (Wildman–Crippen LogP) is 2.55. The van der Waals surface area contributed by atoms with Crippen molar-refractivity contribution in [2.24, 2.45) is 4.99 Å². The molecule has 1 amide bonds. The van der Waals surface area contributed by atoms with E-state index in [-0.39, 0.29) is 6.04 Å². The number of nitrogens with one attached hydrogen (secondary N) is 1. The Bertz CT molecular complexity index is 348. The zero-order valence-electron chi connectivity index (χ0n) is 11.6. The van der Waals surface area contributed by atoms with E-state index in [0.29, 0.717) is 0 Å². The van der Waals surface area contributed by atoms with Gasteiger partial charge >= 0.3 is 6.09 Å². The number of nitrogens with zero attached hydrogens (tertiary/aromatic N) is 1. The molecule has 5 heteroatoms. The Labute approximate surface area is 108 Å². The minimum Gasteiger partial charge on any atom is -0.444 e. The van der Waals surface area contributed by atoms with Crippen LogP contribution in [0.2, 0.25) is 0 Å². The molecule has 1 saturated carbocycles. The summed E-state index contributed by atoms with van der Waals surface area (Å²) >= 11 is 0. The van der Waals surface area contributed by atoms with Gasteiger partial charge in [-0.1, -0.05) is 12.8 Å². The lowest BCUT2D eigenvalue weighted by Gasteiger charge is -2.34. The predicted molar refractivity (Wildman–Crippen MR) is 68.2 cm³/mol. The van der Waals surface area contributed by atoms with E-state index < -0.39 is 17.2 Å². The summed E-state index contributed by atoms with van der Waals surface area (Å²) in [6, 6.07) is -0.273. The highest BCUT2D eigenvalue weighted by Gasteiger charge is 2.41. The Morgan fingerprint density at radius 1 is 1.39 bits per heavy atom. The second kappa shape index (κ2) is 5.53. The van der Waals surface area contributed by atoms with Crippen LogP contribution in [0.1, 0.15) is 53.4 Å². The van der Waals surface area contributed by atoms with Crippen LogP contribution in [0.15, 0.2) is 4.99 Å². The zero-order valence-corrected chi connectivity index (χ0v) is 11.6. The van der Waals surface area contributed by atoms with Crippen molar-refractivity contribution in [3.05, 3.63) is 0 Å². The molecule has 0 aromatic heterocycles. The van der Waals surface area contributed by atoms with E-state index in [1.165, 1.54) is 0 Å². The van der Waals surface area contributed by atoms with Crippen molar-refractivity contribution in [2.75, 3.05) is 0 Å². The SMILES string of the molecule is CC(N=C=O)C1(NC(=O)OC(C)(C)C)CCCC1. The number of rotatable bonds is 3. The standard InChI is InChI=1S/C13H22N2O3/c1-10(14-9-16)13(7-5-6-8-13)15-11(17)18-12(2,3)4/h10H,5-8H2,1-4H3,(H,15,17). The maximum Gasteiger partial charge on any atom is 0.408 e. The van der Waals surface area contributed by atoms with Gasteiger partial charge in [-0.25, -0.2) is 14.6 Å². The summed E-state index contributed by atoms with van der Waals surface area (Å²) in [6.45, 7) is 7.29. The Kier molecular flexibility index (Phi) is 4.52. The summed E-state index contributed by atoms with van der Waals surface area (Å²) < 4.78 is 5.26. The first-order valence-corrected chi connectivity index (χ1v) is 6.37. The van der Waals surface area contributed by atoms with Crippen LogP contribution in [0.5, 0.6) is 0 Å². The van der Waals surface area contributed by atoms with Gasteiger partial charge in [-0.3, -0.25) is 0 Å². The smallest absolute Gasteiger partial charge is 0.408 e. The molecule has 1 rings (SSSR count). The lowest BCUT2D eigenvalue weighted by molar-refractivity contribution is 0.0442. The number of alkyl carbamates (subject to hydrolysis) is 1. The summed E-state index contributed by atoms with van der Waals surface area (Å²) in [4.78, 5) is 26.0. The van der Waals surface area contributed by atoms with E-state index >= 15 is 0 Å². The van der Waals surface area contributed by atoms with Gasteiger partial charge in [0.15, 0.2) is 0 Å². The lowest BCUT2D eigenvalue weighted by atomic mass is 9.90. The fraction of sp³-hybridized carbons (Fsp3) is 0.846. The molecule has 0 aromatic rings. The van der Waals surface area contributed by atoms with Crippen molar-refractivity contribution < 1.29 is 14.3 Å². The highest BCUT2D eigenvalue weighted by atomic mass is 16.6. The van der Waals surface area contributed by atoms with Crippen LogP contribution in [0, 0.1) is 0 Å². The molecule has 0 aromatic carbocycles. The minimum atomic E-state index is -0.527. The molecule has 0 radical (unpaired) electrons. The molecule has 1 aliphatic rings. The van der Waals surface area contributed by atoms with Gasteiger partial charge in [0.2, 0.25) is 6.08 Å². The fourth-order valence-electron chi connectivity index (χ4n) is 2.36. The quantitative estimate of drug-likeness (QED) is 0.621. The molecule has 0 heterocycles. The normalized spacial score (nSPS) is 19.8. The largest absolute Gasteiger partial charge is 0.444 e. The maximum atomic E-state index is 11.9. The van der Waals surface area contributed by atoms with Crippen molar-refractivity contribution in [3.63, 3.8) is 0 Å². The number of isocyanates is 1. The summed E-state index contributed by atoms with van der Waals surface area (Å²) in [5.74, 6) is 0. The fourth-order valence-corrected chi connectivity index (χ4v) is 2.36. The molecular weight excluding hydrogens is 232 g/mol. The zero-order chi connectivity index (χ0) is 13.8. The van der Waals surface area contributed by atoms with Crippen molar-refractivity contribution in [1.82, 2.24) is 5.32 Å². The van der Waals surface area contributed by atoms with Crippen molar-refractivity contribution in [3.8, 4) is 0 Å². The van der Waals surface area contributed by atoms with Gasteiger partial charge in [0.25, 0.3) is 0 Å². The van der Waals surface area contributed by atoms with E-state index in [2.05, 4.69) is 10.3 Å². The van der Waals surface area contributed by atoms with Crippen molar-refractivity contribution >= 4 is 12.2 Å². The highest BCUT2D eigenvalue weighted by Crippen LogP contribution is 2.34. The number of amides is 1. The van der Waals surface area contributed by atoms with E-state index in [1.54, 1.807) is 6.08 Å². The number of carbonyl (C=O) groups is 1. The van der Waals surface area contributed by atoms with Gasteiger partial charge in [-0.05, 0) is 40.5 Å². The summed E-state index contributed by atoms with van der Waals surface area (Å²) in [7, 11) is 0. The van der Waals surface area contributed by atoms with Gasteiger partial charge in [0.1, 0.15) is 5.60 Å². The lowest BCUT2D eigenvalue weighted by Crippen LogP contribution is -2.54. The van der Waals surface area contributed by atoms with Gasteiger partial charge < -0.3 is 10.1 Å². The number of carbonyl (C=O) groups excluding carboxylic acids is 2. The minimum absolute atomic E-state index is 0.273. The van der Waals surface area contributed by atoms with Crippen LogP contribution >= 0.6 is 0 Å². The second-order valence-electron chi connectivity index (χ2n) is 5.89. The summed E-state index contributed by atoms with van der Waals surface area (Å²) in [6.07, 6.45) is 4.81. The summed E-state index contributed by atoms with van der Waals surface area (Å²) in [5.41, 5.74) is -0.985. The van der Waals surface area contributed by atoms with E-state index in [0.717, 1.165) is 25.7 Å². The molecule has 1 atom stereocenters. The van der Waals surface area contributed by atoms with Gasteiger partial charge in [-0.15, -0.1) is 0 Å². The number of aliphatic imine (C=N–C) groups is 1. The van der Waals surface area contributed by atoms with Crippen LogP contribution in [0.25, 0.3) is 0 Å². The first-order chi connectivity index (χ1) is 8.29. The highest BCUT2D eigenvalue weighted by molar-refractivity contribution is 5.69. The molecule has 1 aliphatic carbocycles. The molecule has 0 saturated heterocycles. The summed E-state index contributed by atoms with van der Waals surface area (Å²) in [5, 5.41) is 2.90. The van der Waals surface area contributed by atoms with Crippen molar-refractivity contribution in [2.45, 2.75) is 70.6 Å². The molecule has 5 nitrogen and oxygen atoms in total. The number of ether oxygens (including phenoxy) is 1. The first-order valence-electron chi connectivity index (χ1n) is 6.37. The Morgan fingerprint density at radius 3 is 2.39 bits per heavy atom. The van der Waals surface area contributed by atoms with Crippen LogP contribution in [0.4, 0.5) is 4.79 Å². The third-order valence-corrected chi connectivity index (χ3v) is 3.29. The number of hydrogen-bond acceptors (Lipinski definition) is 4. The van der Waals surface area contributed by atoms with Gasteiger partial charge in [-0.2, -0.15) is 0 Å². The molecule has 1 unspecified atom stereocenters. The molecule has 0 bridgehead atoms. The van der Waals surface area contributed by atoms with Crippen LogP contribution in [-0.2, 0) is 9.53 Å². The Hall–Kier alpha value is -1.35. The molecule has 18 heavy (non-hydrogen) atoms. The van der Waals surface area contributed by atoms with Crippen LogP contribution in [0.3, 0.4) is 0 Å². The monoisotopic (exact) mass is 254 g/mol. The molecule has 102 valence electrons. The average Bonchev–Trinajstić information content (AvgIpc) is 2.64. The topological polar surface area (TPSA) is 67.8 Å². The Morgan fingerprint density at radius 2 is 1.94 bits per heavy atom. The Balaban J connectivity index is 2.74. The van der Waals surface area contributed by atoms with E-state index in [1.807, 2.05) is 27.7 Å². The number of hydrogen-bond donors (Lipinski definition) is 1. The average molecular weight is 254 g/mol. The molecular formula is C13H22N2O3. The third kappa shape index (κ3) is 3.84. The second-order valence-corrected chi connectivity index (χ2v) is 5.89. The third-order valence-electron chi connectivity index (χ3n) is 3.29. The molecule has 0 spiro atoms. The van der Waals surface area contributed by atoms with E-state index in [9.17, 15) is 9.59 Å². The van der Waals surface area contributed by atoms with Crippen molar-refractivity contribution in [1.29, 1.82) is 0 Å².